The Bertz CT molecular complexity index is 867. The van der Waals surface area contributed by atoms with Gasteiger partial charge in [-0.15, -0.1) is 0 Å². The zero-order valence-electron chi connectivity index (χ0n) is 13.8. The Hall–Kier alpha value is -2.86. The minimum atomic E-state index is 0.0386. The highest BCUT2D eigenvalue weighted by molar-refractivity contribution is 5.94. The van der Waals surface area contributed by atoms with Gasteiger partial charge in [0.2, 0.25) is 0 Å². The van der Waals surface area contributed by atoms with Gasteiger partial charge in [-0.25, -0.2) is 4.98 Å². The van der Waals surface area contributed by atoms with E-state index in [1.165, 1.54) is 0 Å². The van der Waals surface area contributed by atoms with Gasteiger partial charge in [0.1, 0.15) is 18.0 Å². The van der Waals surface area contributed by atoms with Gasteiger partial charge in [0, 0.05) is 24.8 Å². The van der Waals surface area contributed by atoms with Crippen molar-refractivity contribution in [2.24, 2.45) is 0 Å². The molecule has 6 nitrogen and oxygen atoms in total. The van der Waals surface area contributed by atoms with Crippen LogP contribution in [0.15, 0.2) is 54.9 Å². The molecular formula is C19H19N3O3. The highest BCUT2D eigenvalue weighted by Crippen LogP contribution is 2.16. The van der Waals surface area contributed by atoms with Crippen LogP contribution in [0, 0.1) is 0 Å². The van der Waals surface area contributed by atoms with Crippen LogP contribution in [0.4, 0.5) is 0 Å². The van der Waals surface area contributed by atoms with Crippen LogP contribution >= 0.6 is 0 Å². The Balaban J connectivity index is 1.41. The molecule has 1 aliphatic rings. The molecule has 0 atom stereocenters. The van der Waals surface area contributed by atoms with Crippen LogP contribution < -0.4 is 4.74 Å². The van der Waals surface area contributed by atoms with Gasteiger partial charge in [0.25, 0.3) is 5.91 Å². The van der Waals surface area contributed by atoms with Crippen LogP contribution in [0.1, 0.15) is 16.1 Å². The van der Waals surface area contributed by atoms with Gasteiger partial charge in [-0.3, -0.25) is 4.79 Å². The minimum absolute atomic E-state index is 0.0386. The van der Waals surface area contributed by atoms with E-state index in [1.807, 2.05) is 64.2 Å². The summed E-state index contributed by atoms with van der Waals surface area (Å²) in [7, 11) is 0. The molecule has 0 bridgehead atoms. The number of aromatic nitrogens is 2. The molecule has 4 rings (SSSR count). The Morgan fingerprint density at radius 1 is 1.12 bits per heavy atom. The second-order valence-electron chi connectivity index (χ2n) is 5.90. The highest BCUT2D eigenvalue weighted by Gasteiger charge is 2.18. The summed E-state index contributed by atoms with van der Waals surface area (Å²) in [6, 6.07) is 13.1. The molecule has 1 aromatic carbocycles. The number of benzene rings is 1. The van der Waals surface area contributed by atoms with Gasteiger partial charge in [-0.05, 0) is 36.4 Å². The van der Waals surface area contributed by atoms with Crippen molar-refractivity contribution < 1.29 is 14.3 Å². The van der Waals surface area contributed by atoms with Crippen LogP contribution in [0.3, 0.4) is 0 Å². The minimum Gasteiger partial charge on any atom is -0.487 e. The van der Waals surface area contributed by atoms with Crippen molar-refractivity contribution >= 4 is 11.6 Å². The number of pyridine rings is 1. The molecule has 0 aliphatic carbocycles. The lowest BCUT2D eigenvalue weighted by Crippen LogP contribution is -2.40. The predicted molar refractivity (Wildman–Crippen MR) is 92.7 cm³/mol. The average molecular weight is 337 g/mol. The zero-order chi connectivity index (χ0) is 17.1. The Morgan fingerprint density at radius 2 is 1.92 bits per heavy atom. The van der Waals surface area contributed by atoms with E-state index < -0.39 is 0 Å². The van der Waals surface area contributed by atoms with Crippen LogP contribution in [0.25, 0.3) is 5.65 Å². The molecule has 1 aliphatic heterocycles. The highest BCUT2D eigenvalue weighted by atomic mass is 16.5. The van der Waals surface area contributed by atoms with E-state index in [0.29, 0.717) is 38.5 Å². The van der Waals surface area contributed by atoms with E-state index in [4.69, 9.17) is 9.47 Å². The van der Waals surface area contributed by atoms with Gasteiger partial charge in [0.15, 0.2) is 0 Å². The molecule has 25 heavy (non-hydrogen) atoms. The fourth-order valence-electron chi connectivity index (χ4n) is 2.89. The van der Waals surface area contributed by atoms with E-state index in [0.717, 1.165) is 17.1 Å². The number of imidazole rings is 1. The molecule has 128 valence electrons. The number of morpholine rings is 1. The summed E-state index contributed by atoms with van der Waals surface area (Å²) < 4.78 is 13.1. The number of carbonyl (C=O) groups is 1. The summed E-state index contributed by atoms with van der Waals surface area (Å²) in [6.45, 7) is 2.91. The number of hydrogen-bond acceptors (Lipinski definition) is 4. The largest absolute Gasteiger partial charge is 0.487 e. The van der Waals surface area contributed by atoms with Crippen molar-refractivity contribution in [3.8, 4) is 5.75 Å². The van der Waals surface area contributed by atoms with Gasteiger partial charge >= 0.3 is 0 Å². The third-order valence-electron chi connectivity index (χ3n) is 4.28. The van der Waals surface area contributed by atoms with Crippen molar-refractivity contribution in [2.75, 3.05) is 26.3 Å². The molecule has 6 heteroatoms. The van der Waals surface area contributed by atoms with Gasteiger partial charge in [-0.1, -0.05) is 6.07 Å². The van der Waals surface area contributed by atoms with Gasteiger partial charge < -0.3 is 18.8 Å². The second-order valence-corrected chi connectivity index (χ2v) is 5.90. The maximum absolute atomic E-state index is 12.4. The van der Waals surface area contributed by atoms with Crippen molar-refractivity contribution in [3.63, 3.8) is 0 Å². The van der Waals surface area contributed by atoms with E-state index in [2.05, 4.69) is 4.98 Å². The van der Waals surface area contributed by atoms with Gasteiger partial charge in [0.05, 0.1) is 25.1 Å². The molecule has 1 fully saturated rings. The lowest BCUT2D eigenvalue weighted by atomic mass is 10.2. The SMILES string of the molecule is O=C(c1ccc(OCc2cnc3ccccn23)cc1)N1CCOCC1. The van der Waals surface area contributed by atoms with Crippen molar-refractivity contribution in [2.45, 2.75) is 6.61 Å². The number of carbonyl (C=O) groups excluding carboxylic acids is 1. The summed E-state index contributed by atoms with van der Waals surface area (Å²) in [5.74, 6) is 0.765. The van der Waals surface area contributed by atoms with Crippen LogP contribution in [0.2, 0.25) is 0 Å². The number of hydrogen-bond donors (Lipinski definition) is 0. The zero-order valence-corrected chi connectivity index (χ0v) is 13.8. The summed E-state index contributed by atoms with van der Waals surface area (Å²) >= 11 is 0. The Labute approximate surface area is 145 Å². The number of rotatable bonds is 4. The standard InChI is InChI=1S/C19H19N3O3/c23-19(21-9-11-24-12-10-21)15-4-6-17(7-5-15)25-14-16-13-20-18-3-1-2-8-22(16)18/h1-8,13H,9-12,14H2. The monoisotopic (exact) mass is 337 g/mol. The maximum atomic E-state index is 12.4. The lowest BCUT2D eigenvalue weighted by Gasteiger charge is -2.26. The van der Waals surface area contributed by atoms with Crippen LogP contribution in [0.5, 0.6) is 5.75 Å². The number of fused-ring (bicyclic) bond motifs is 1. The Morgan fingerprint density at radius 3 is 2.72 bits per heavy atom. The first-order chi connectivity index (χ1) is 12.3. The first-order valence-corrected chi connectivity index (χ1v) is 8.32. The van der Waals surface area contributed by atoms with E-state index in [9.17, 15) is 4.79 Å². The fourth-order valence-corrected chi connectivity index (χ4v) is 2.89. The third-order valence-corrected chi connectivity index (χ3v) is 4.28. The summed E-state index contributed by atoms with van der Waals surface area (Å²) in [5.41, 5.74) is 2.54. The summed E-state index contributed by atoms with van der Waals surface area (Å²) in [4.78, 5) is 18.6. The summed E-state index contributed by atoms with van der Waals surface area (Å²) in [5, 5.41) is 0. The lowest BCUT2D eigenvalue weighted by molar-refractivity contribution is 0.0303. The average Bonchev–Trinajstić information content (AvgIpc) is 3.10. The normalized spacial score (nSPS) is 14.6. The molecule has 3 aromatic rings. The Kier molecular flexibility index (Phi) is 4.35. The molecule has 1 saturated heterocycles. The molecule has 0 radical (unpaired) electrons. The molecule has 2 aromatic heterocycles. The van der Waals surface area contributed by atoms with Crippen LogP contribution in [-0.2, 0) is 11.3 Å². The fraction of sp³-hybridized carbons (Fsp3) is 0.263. The molecule has 0 N–H and O–H groups in total. The smallest absolute Gasteiger partial charge is 0.254 e. The predicted octanol–water partition coefficient (Wildman–Crippen LogP) is 2.39. The maximum Gasteiger partial charge on any atom is 0.254 e. The first kappa shape index (κ1) is 15.7. The molecule has 1 amide bonds. The third kappa shape index (κ3) is 3.34. The van der Waals surface area contributed by atoms with E-state index in [1.54, 1.807) is 0 Å². The molecule has 3 heterocycles. The topological polar surface area (TPSA) is 56.1 Å². The molecule has 0 unspecified atom stereocenters. The van der Waals surface area contributed by atoms with Crippen molar-refractivity contribution in [1.82, 2.24) is 14.3 Å². The molecule has 0 spiro atoms. The van der Waals surface area contributed by atoms with Gasteiger partial charge in [-0.2, -0.15) is 0 Å². The summed E-state index contributed by atoms with van der Waals surface area (Å²) in [6.07, 6.45) is 3.77. The van der Waals surface area contributed by atoms with Crippen molar-refractivity contribution in [3.05, 3.63) is 66.1 Å². The van der Waals surface area contributed by atoms with Crippen molar-refractivity contribution in [1.29, 1.82) is 0 Å². The van der Waals surface area contributed by atoms with E-state index >= 15 is 0 Å². The van der Waals surface area contributed by atoms with E-state index in [-0.39, 0.29) is 5.91 Å². The second kappa shape index (κ2) is 6.94. The number of nitrogens with zero attached hydrogens (tertiary/aromatic N) is 3. The number of amides is 1. The quantitative estimate of drug-likeness (QED) is 0.733. The molecule has 0 saturated carbocycles. The number of ether oxygens (including phenoxy) is 2. The molecular weight excluding hydrogens is 318 g/mol. The van der Waals surface area contributed by atoms with Crippen LogP contribution in [-0.4, -0.2) is 46.5 Å². The first-order valence-electron chi connectivity index (χ1n) is 8.32.